The van der Waals surface area contributed by atoms with E-state index < -0.39 is 69.0 Å². The second kappa shape index (κ2) is 9.79. The van der Waals surface area contributed by atoms with Crippen LogP contribution in [-0.2, 0) is 14.2 Å². The lowest BCUT2D eigenvalue weighted by Gasteiger charge is -2.39. The van der Waals surface area contributed by atoms with E-state index in [2.05, 4.69) is 0 Å². The second-order valence-corrected chi connectivity index (χ2v) is 5.45. The van der Waals surface area contributed by atoms with Crippen molar-refractivity contribution in [3.8, 4) is 0 Å². The third-order valence-electron chi connectivity index (χ3n) is 3.50. The fraction of sp³-hybridized carbons (Fsp3) is 1.00. The molecule has 1 fully saturated rings. The Hall–Kier alpha value is -0.400. The van der Waals surface area contributed by atoms with Gasteiger partial charge in [-0.2, -0.15) is 0 Å². The number of hydrogen-bond donors (Lipinski definition) is 7. The standard InChI is InChI=1S/C13H26O10/c1-6(17)10(5-16)22-12(9(19)4-15)23-13-11(20)8(18)2-7(3-14)21-13/h6-20H,2-5H2,1H3/t6-,7-,8?,9-,10?,11?,12-,13-/m0/s1. The Morgan fingerprint density at radius 2 is 1.78 bits per heavy atom. The van der Waals surface area contributed by atoms with Crippen molar-refractivity contribution in [1.82, 2.24) is 0 Å². The number of aliphatic hydroxyl groups excluding tert-OH is 7. The van der Waals surface area contributed by atoms with Crippen LogP contribution in [0.5, 0.6) is 0 Å². The molecule has 8 atom stereocenters. The Balaban J connectivity index is 2.78. The van der Waals surface area contributed by atoms with Gasteiger partial charge in [-0.15, -0.1) is 0 Å². The Morgan fingerprint density at radius 1 is 1.13 bits per heavy atom. The molecule has 0 saturated carbocycles. The molecule has 10 heteroatoms. The average Bonchev–Trinajstić information content (AvgIpc) is 2.53. The molecule has 10 nitrogen and oxygen atoms in total. The van der Waals surface area contributed by atoms with Crippen LogP contribution >= 0.6 is 0 Å². The fourth-order valence-corrected chi connectivity index (χ4v) is 2.06. The second-order valence-electron chi connectivity index (χ2n) is 5.45. The lowest BCUT2D eigenvalue weighted by Crippen LogP contribution is -2.54. The molecule has 1 rings (SSSR count). The molecule has 7 N–H and O–H groups in total. The van der Waals surface area contributed by atoms with E-state index in [9.17, 15) is 20.4 Å². The van der Waals surface area contributed by atoms with Gasteiger partial charge in [-0.05, 0) is 6.92 Å². The van der Waals surface area contributed by atoms with Gasteiger partial charge < -0.3 is 50.0 Å². The van der Waals surface area contributed by atoms with Gasteiger partial charge in [-0.25, -0.2) is 0 Å². The van der Waals surface area contributed by atoms with Crippen molar-refractivity contribution in [2.75, 3.05) is 19.8 Å². The Morgan fingerprint density at radius 3 is 2.26 bits per heavy atom. The van der Waals surface area contributed by atoms with Gasteiger partial charge in [-0.3, -0.25) is 0 Å². The van der Waals surface area contributed by atoms with Gasteiger partial charge in [0.05, 0.1) is 38.1 Å². The molecule has 0 aromatic carbocycles. The van der Waals surface area contributed by atoms with Gasteiger partial charge in [-0.1, -0.05) is 0 Å². The number of rotatable bonds is 9. The topological polar surface area (TPSA) is 169 Å². The predicted molar refractivity (Wildman–Crippen MR) is 74.0 cm³/mol. The molecule has 138 valence electrons. The zero-order valence-electron chi connectivity index (χ0n) is 12.8. The summed E-state index contributed by atoms with van der Waals surface area (Å²) in [6.45, 7) is -0.394. The third-order valence-corrected chi connectivity index (χ3v) is 3.50. The van der Waals surface area contributed by atoms with Crippen LogP contribution in [0.2, 0.25) is 0 Å². The van der Waals surface area contributed by atoms with Crippen LogP contribution in [0.4, 0.5) is 0 Å². The molecular formula is C13H26O10. The zero-order valence-corrected chi connectivity index (χ0v) is 12.8. The van der Waals surface area contributed by atoms with Gasteiger partial charge in [0.2, 0.25) is 0 Å². The fourth-order valence-electron chi connectivity index (χ4n) is 2.06. The molecule has 1 heterocycles. The molecule has 3 unspecified atom stereocenters. The van der Waals surface area contributed by atoms with Crippen LogP contribution in [0.3, 0.4) is 0 Å². The first-order valence-electron chi connectivity index (χ1n) is 7.35. The monoisotopic (exact) mass is 342 g/mol. The molecular weight excluding hydrogens is 316 g/mol. The van der Waals surface area contributed by atoms with Crippen molar-refractivity contribution in [2.45, 2.75) is 62.5 Å². The van der Waals surface area contributed by atoms with Gasteiger partial charge in [0.15, 0.2) is 12.6 Å². The minimum Gasteiger partial charge on any atom is -0.394 e. The summed E-state index contributed by atoms with van der Waals surface area (Å²) in [7, 11) is 0. The largest absolute Gasteiger partial charge is 0.394 e. The lowest BCUT2D eigenvalue weighted by molar-refractivity contribution is -0.343. The summed E-state index contributed by atoms with van der Waals surface area (Å²) in [4.78, 5) is 0. The van der Waals surface area contributed by atoms with Crippen molar-refractivity contribution in [3.63, 3.8) is 0 Å². The smallest absolute Gasteiger partial charge is 0.189 e. The molecule has 1 saturated heterocycles. The molecule has 0 aromatic heterocycles. The van der Waals surface area contributed by atoms with Gasteiger partial charge in [0.1, 0.15) is 18.3 Å². The first-order chi connectivity index (χ1) is 10.8. The molecule has 0 spiro atoms. The highest BCUT2D eigenvalue weighted by molar-refractivity contribution is 4.82. The van der Waals surface area contributed by atoms with Gasteiger partial charge in [0.25, 0.3) is 0 Å². The minimum absolute atomic E-state index is 0.00145. The maximum absolute atomic E-state index is 9.87. The zero-order chi connectivity index (χ0) is 17.6. The van der Waals surface area contributed by atoms with E-state index in [0.29, 0.717) is 0 Å². The van der Waals surface area contributed by atoms with Crippen LogP contribution in [0.1, 0.15) is 13.3 Å². The highest BCUT2D eigenvalue weighted by Gasteiger charge is 2.40. The van der Waals surface area contributed by atoms with Crippen molar-refractivity contribution in [1.29, 1.82) is 0 Å². The van der Waals surface area contributed by atoms with Crippen molar-refractivity contribution in [3.05, 3.63) is 0 Å². The maximum Gasteiger partial charge on any atom is 0.189 e. The van der Waals surface area contributed by atoms with Gasteiger partial charge >= 0.3 is 0 Å². The molecule has 1 aliphatic rings. The van der Waals surface area contributed by atoms with Crippen LogP contribution in [0, 0.1) is 0 Å². The van der Waals surface area contributed by atoms with Crippen LogP contribution < -0.4 is 0 Å². The van der Waals surface area contributed by atoms with E-state index >= 15 is 0 Å². The van der Waals surface area contributed by atoms with Crippen LogP contribution in [0.15, 0.2) is 0 Å². The van der Waals surface area contributed by atoms with Gasteiger partial charge in [0, 0.05) is 6.42 Å². The molecule has 0 amide bonds. The number of hydrogen-bond acceptors (Lipinski definition) is 10. The summed E-state index contributed by atoms with van der Waals surface area (Å²) in [6, 6.07) is 0. The van der Waals surface area contributed by atoms with Crippen molar-refractivity contribution < 1.29 is 50.0 Å². The average molecular weight is 342 g/mol. The third kappa shape index (κ3) is 5.87. The summed E-state index contributed by atoms with van der Waals surface area (Å²) >= 11 is 0. The first kappa shape index (κ1) is 20.6. The number of aliphatic hydroxyl groups is 7. The van der Waals surface area contributed by atoms with Crippen molar-refractivity contribution >= 4 is 0 Å². The summed E-state index contributed by atoms with van der Waals surface area (Å²) in [5, 5.41) is 66.1. The quantitative estimate of drug-likeness (QED) is 0.207. The summed E-state index contributed by atoms with van der Waals surface area (Å²) in [5.41, 5.74) is 0. The van der Waals surface area contributed by atoms with Crippen LogP contribution in [-0.4, -0.2) is 105 Å². The normalized spacial score (nSPS) is 33.9. The van der Waals surface area contributed by atoms with E-state index in [0.717, 1.165) is 0 Å². The SMILES string of the molecule is C[C@H](O)C(CO)O[C@@H](O[C@@H]1O[C@H](CO)CC(O)C1O)[C@@H](O)CO. The van der Waals surface area contributed by atoms with E-state index in [1.54, 1.807) is 0 Å². The molecule has 0 aromatic rings. The molecule has 0 aliphatic carbocycles. The lowest BCUT2D eigenvalue weighted by atomic mass is 10.0. The summed E-state index contributed by atoms with van der Waals surface area (Å²) in [6.07, 6.45) is -10.2. The number of ether oxygens (including phenoxy) is 3. The molecule has 0 bridgehead atoms. The summed E-state index contributed by atoms with van der Waals surface area (Å²) < 4.78 is 15.7. The summed E-state index contributed by atoms with van der Waals surface area (Å²) in [5.74, 6) is 0. The van der Waals surface area contributed by atoms with E-state index in [1.165, 1.54) is 6.92 Å². The Bertz CT molecular complexity index is 328. The molecule has 1 aliphatic heterocycles. The van der Waals surface area contributed by atoms with Crippen LogP contribution in [0.25, 0.3) is 0 Å². The Labute approximate surface area is 133 Å². The predicted octanol–water partition coefficient (Wildman–Crippen LogP) is -3.73. The molecule has 0 radical (unpaired) electrons. The Kier molecular flexibility index (Phi) is 8.79. The van der Waals surface area contributed by atoms with Crippen molar-refractivity contribution in [2.24, 2.45) is 0 Å². The van der Waals surface area contributed by atoms with E-state index in [1.807, 2.05) is 0 Å². The minimum atomic E-state index is -1.55. The van der Waals surface area contributed by atoms with E-state index in [-0.39, 0.29) is 6.42 Å². The highest BCUT2D eigenvalue weighted by atomic mass is 16.8. The maximum atomic E-state index is 9.87. The highest BCUT2D eigenvalue weighted by Crippen LogP contribution is 2.23. The first-order valence-corrected chi connectivity index (χ1v) is 7.35. The molecule has 23 heavy (non-hydrogen) atoms. The van der Waals surface area contributed by atoms with E-state index in [4.69, 9.17) is 29.5 Å².